The number of aromatic amines is 1. The molecule has 0 saturated carbocycles. The van der Waals surface area contributed by atoms with Gasteiger partial charge in [0.2, 0.25) is 5.89 Å². The van der Waals surface area contributed by atoms with Crippen LogP contribution in [0.5, 0.6) is 0 Å². The van der Waals surface area contributed by atoms with Gasteiger partial charge in [-0.3, -0.25) is 0 Å². The van der Waals surface area contributed by atoms with Crippen LogP contribution >= 0.6 is 0 Å². The Kier molecular flexibility index (Phi) is 2.95. The monoisotopic (exact) mass is 300 g/mol. The van der Waals surface area contributed by atoms with Crippen molar-refractivity contribution in [2.24, 2.45) is 0 Å². The molecule has 5 nitrogen and oxygen atoms in total. The number of benzene rings is 2. The van der Waals surface area contributed by atoms with E-state index < -0.39 is 0 Å². The summed E-state index contributed by atoms with van der Waals surface area (Å²) < 4.78 is 5.77. The van der Waals surface area contributed by atoms with Crippen molar-refractivity contribution in [1.29, 1.82) is 5.26 Å². The molecule has 0 fully saturated rings. The molecule has 0 radical (unpaired) electrons. The van der Waals surface area contributed by atoms with E-state index in [1.54, 1.807) is 12.1 Å². The minimum Gasteiger partial charge on any atom is -0.441 e. The van der Waals surface area contributed by atoms with Crippen molar-refractivity contribution >= 4 is 11.0 Å². The first-order valence-electron chi connectivity index (χ1n) is 7.17. The van der Waals surface area contributed by atoms with E-state index in [9.17, 15) is 0 Å². The molecule has 0 bridgehead atoms. The van der Waals surface area contributed by atoms with Crippen LogP contribution in [0.4, 0.5) is 0 Å². The molecule has 0 spiro atoms. The second-order valence-corrected chi connectivity index (χ2v) is 5.22. The molecule has 0 aliphatic heterocycles. The van der Waals surface area contributed by atoms with Crippen molar-refractivity contribution in [1.82, 2.24) is 15.0 Å². The molecule has 0 saturated heterocycles. The summed E-state index contributed by atoms with van der Waals surface area (Å²) in [5.74, 6) is 1.90. The van der Waals surface area contributed by atoms with E-state index in [1.807, 2.05) is 43.3 Å². The molecule has 0 atom stereocenters. The summed E-state index contributed by atoms with van der Waals surface area (Å²) in [6.45, 7) is 1.86. The Hall–Kier alpha value is -3.39. The number of rotatable bonds is 2. The van der Waals surface area contributed by atoms with Gasteiger partial charge in [0, 0.05) is 5.56 Å². The third-order valence-electron chi connectivity index (χ3n) is 3.65. The number of hydrogen-bond donors (Lipinski definition) is 1. The smallest absolute Gasteiger partial charge is 0.226 e. The Morgan fingerprint density at radius 3 is 2.70 bits per heavy atom. The maximum absolute atomic E-state index is 8.98. The SMILES string of the molecule is Cc1oc(-c2ccccc2)nc1-c1nc2ccc(C#N)cc2[nH]1. The quantitative estimate of drug-likeness (QED) is 0.605. The number of nitriles is 1. The van der Waals surface area contributed by atoms with Crippen molar-refractivity contribution in [3.63, 3.8) is 0 Å². The normalized spacial score (nSPS) is 10.8. The number of oxazole rings is 1. The number of hydrogen-bond acceptors (Lipinski definition) is 4. The van der Waals surface area contributed by atoms with Crippen LogP contribution < -0.4 is 0 Å². The zero-order valence-electron chi connectivity index (χ0n) is 12.4. The summed E-state index contributed by atoms with van der Waals surface area (Å²) in [7, 11) is 0. The van der Waals surface area contributed by atoms with Crippen LogP contribution in [0.25, 0.3) is 34.0 Å². The lowest BCUT2D eigenvalue weighted by atomic mass is 10.2. The standard InChI is InChI=1S/C18H12N4O/c1-11-16(22-18(23-11)13-5-3-2-4-6-13)17-20-14-8-7-12(10-19)9-15(14)21-17/h2-9H,1H3,(H,20,21). The number of H-pyrrole nitrogens is 1. The van der Waals surface area contributed by atoms with Crippen LogP contribution in [0.1, 0.15) is 11.3 Å². The minimum atomic E-state index is 0.566. The van der Waals surface area contributed by atoms with Gasteiger partial charge in [-0.25, -0.2) is 9.97 Å². The van der Waals surface area contributed by atoms with Crippen LogP contribution in [0.15, 0.2) is 52.9 Å². The summed E-state index contributed by atoms with van der Waals surface area (Å²) in [5.41, 5.74) is 3.79. The number of nitrogens with one attached hydrogen (secondary N) is 1. The van der Waals surface area contributed by atoms with E-state index >= 15 is 0 Å². The topological polar surface area (TPSA) is 78.5 Å². The van der Waals surface area contributed by atoms with E-state index in [2.05, 4.69) is 21.0 Å². The number of aryl methyl sites for hydroxylation is 1. The number of fused-ring (bicyclic) bond motifs is 1. The summed E-state index contributed by atoms with van der Waals surface area (Å²) in [6.07, 6.45) is 0. The molecule has 2 aromatic carbocycles. The molecule has 110 valence electrons. The predicted molar refractivity (Wildman–Crippen MR) is 86.5 cm³/mol. The zero-order chi connectivity index (χ0) is 15.8. The first-order chi connectivity index (χ1) is 11.2. The second kappa shape index (κ2) is 5.11. The highest BCUT2D eigenvalue weighted by atomic mass is 16.4. The van der Waals surface area contributed by atoms with Gasteiger partial charge < -0.3 is 9.40 Å². The lowest BCUT2D eigenvalue weighted by molar-refractivity contribution is 0.543. The van der Waals surface area contributed by atoms with E-state index in [0.29, 0.717) is 28.7 Å². The molecular formula is C18H12N4O. The highest BCUT2D eigenvalue weighted by Gasteiger charge is 2.16. The average Bonchev–Trinajstić information content (AvgIpc) is 3.18. The van der Waals surface area contributed by atoms with Gasteiger partial charge in [-0.05, 0) is 37.3 Å². The Balaban J connectivity index is 1.82. The van der Waals surface area contributed by atoms with Crippen molar-refractivity contribution in [2.45, 2.75) is 6.92 Å². The molecule has 1 N–H and O–H groups in total. The third kappa shape index (κ3) is 2.27. The van der Waals surface area contributed by atoms with Crippen LogP contribution in [-0.4, -0.2) is 15.0 Å². The average molecular weight is 300 g/mol. The molecule has 5 heteroatoms. The fraction of sp³-hybridized carbons (Fsp3) is 0.0556. The van der Waals surface area contributed by atoms with Gasteiger partial charge in [0.25, 0.3) is 0 Å². The summed E-state index contributed by atoms with van der Waals surface area (Å²) in [6, 6.07) is 17.2. The number of imidazole rings is 1. The highest BCUT2D eigenvalue weighted by molar-refractivity contribution is 5.80. The summed E-state index contributed by atoms with van der Waals surface area (Å²) in [4.78, 5) is 12.3. The van der Waals surface area contributed by atoms with Gasteiger partial charge in [-0.1, -0.05) is 18.2 Å². The van der Waals surface area contributed by atoms with Crippen molar-refractivity contribution in [2.75, 3.05) is 0 Å². The van der Waals surface area contributed by atoms with Gasteiger partial charge in [0.05, 0.1) is 22.7 Å². The van der Waals surface area contributed by atoms with E-state index in [0.717, 1.165) is 16.6 Å². The fourth-order valence-corrected chi connectivity index (χ4v) is 2.51. The van der Waals surface area contributed by atoms with Gasteiger partial charge in [-0.15, -0.1) is 0 Å². The summed E-state index contributed by atoms with van der Waals surface area (Å²) in [5, 5.41) is 8.98. The van der Waals surface area contributed by atoms with Gasteiger partial charge >= 0.3 is 0 Å². The number of nitrogens with zero attached hydrogens (tertiary/aromatic N) is 3. The Morgan fingerprint density at radius 2 is 1.91 bits per heavy atom. The maximum Gasteiger partial charge on any atom is 0.226 e. The highest BCUT2D eigenvalue weighted by Crippen LogP contribution is 2.28. The van der Waals surface area contributed by atoms with E-state index in [4.69, 9.17) is 9.68 Å². The van der Waals surface area contributed by atoms with Gasteiger partial charge in [-0.2, -0.15) is 5.26 Å². The molecular weight excluding hydrogens is 288 g/mol. The third-order valence-corrected chi connectivity index (χ3v) is 3.65. The van der Waals surface area contributed by atoms with Gasteiger partial charge in [0.15, 0.2) is 5.82 Å². The van der Waals surface area contributed by atoms with Crippen LogP contribution in [0.2, 0.25) is 0 Å². The van der Waals surface area contributed by atoms with Crippen LogP contribution in [0.3, 0.4) is 0 Å². The molecule has 23 heavy (non-hydrogen) atoms. The molecule has 0 unspecified atom stereocenters. The predicted octanol–water partition coefficient (Wildman–Crippen LogP) is 4.07. The fourth-order valence-electron chi connectivity index (χ4n) is 2.51. The molecule has 0 aliphatic carbocycles. The first-order valence-corrected chi connectivity index (χ1v) is 7.17. The van der Waals surface area contributed by atoms with Crippen molar-refractivity contribution < 1.29 is 4.42 Å². The molecule has 0 amide bonds. The molecule has 4 rings (SSSR count). The lowest BCUT2D eigenvalue weighted by Crippen LogP contribution is -1.83. The molecule has 2 aromatic heterocycles. The first kappa shape index (κ1) is 13.3. The van der Waals surface area contributed by atoms with E-state index in [1.165, 1.54) is 0 Å². The van der Waals surface area contributed by atoms with Crippen molar-refractivity contribution in [3.8, 4) is 29.0 Å². The Bertz CT molecular complexity index is 1040. The van der Waals surface area contributed by atoms with Crippen LogP contribution in [-0.2, 0) is 0 Å². The van der Waals surface area contributed by atoms with Gasteiger partial charge in [0.1, 0.15) is 11.5 Å². The van der Waals surface area contributed by atoms with E-state index in [-0.39, 0.29) is 0 Å². The van der Waals surface area contributed by atoms with Crippen molar-refractivity contribution in [3.05, 3.63) is 59.9 Å². The molecule has 2 heterocycles. The minimum absolute atomic E-state index is 0.566. The lowest BCUT2D eigenvalue weighted by Gasteiger charge is -1.92. The summed E-state index contributed by atoms with van der Waals surface area (Å²) >= 11 is 0. The zero-order valence-corrected chi connectivity index (χ0v) is 12.4. The molecule has 4 aromatic rings. The Morgan fingerprint density at radius 1 is 1.09 bits per heavy atom. The number of aromatic nitrogens is 3. The largest absolute Gasteiger partial charge is 0.441 e. The Labute approximate surface area is 132 Å². The molecule has 0 aliphatic rings. The maximum atomic E-state index is 8.98. The second-order valence-electron chi connectivity index (χ2n) is 5.22. The van der Waals surface area contributed by atoms with Crippen LogP contribution in [0, 0.1) is 18.3 Å².